The molecular weight excluding hydrogens is 214 g/mol. The van der Waals surface area contributed by atoms with Crippen LogP contribution in [0.2, 0.25) is 0 Å². The highest BCUT2D eigenvalue weighted by atomic mass is 16.2. The first-order chi connectivity index (χ1) is 8.13. The van der Waals surface area contributed by atoms with Crippen molar-refractivity contribution in [3.05, 3.63) is 29.8 Å². The second kappa shape index (κ2) is 6.72. The number of aliphatic hydroxyl groups is 1. The van der Waals surface area contributed by atoms with E-state index in [1.54, 1.807) is 0 Å². The molecule has 1 rings (SSSR count). The summed E-state index contributed by atoms with van der Waals surface area (Å²) in [4.78, 5) is 11.4. The summed E-state index contributed by atoms with van der Waals surface area (Å²) >= 11 is 0. The molecule has 3 heteroatoms. The largest absolute Gasteiger partial charge is 0.395 e. The first-order valence-electron chi connectivity index (χ1n) is 5.64. The second-order valence-electron chi connectivity index (χ2n) is 4.00. The Morgan fingerprint density at radius 3 is 2.53 bits per heavy atom. The molecule has 0 aliphatic rings. The van der Waals surface area contributed by atoms with E-state index in [1.807, 2.05) is 38.1 Å². The molecule has 0 spiro atoms. The van der Waals surface area contributed by atoms with E-state index < -0.39 is 0 Å². The summed E-state index contributed by atoms with van der Waals surface area (Å²) in [6.45, 7) is 3.78. The van der Waals surface area contributed by atoms with Crippen molar-refractivity contribution in [3.8, 4) is 11.8 Å². The average Bonchev–Trinajstić information content (AvgIpc) is 2.31. The molecule has 1 aromatic carbocycles. The molecule has 90 valence electrons. The van der Waals surface area contributed by atoms with Gasteiger partial charge in [0.05, 0.1) is 6.61 Å². The summed E-state index contributed by atoms with van der Waals surface area (Å²) in [6, 6.07) is 7.34. The van der Waals surface area contributed by atoms with Crippen LogP contribution in [0.4, 0.5) is 5.69 Å². The fourth-order valence-corrected chi connectivity index (χ4v) is 1.14. The molecule has 0 aromatic heterocycles. The first kappa shape index (κ1) is 13.3. The van der Waals surface area contributed by atoms with Crippen LogP contribution in [0.3, 0.4) is 0 Å². The summed E-state index contributed by atoms with van der Waals surface area (Å²) < 4.78 is 0. The third kappa shape index (κ3) is 4.71. The third-order valence-electron chi connectivity index (χ3n) is 2.15. The number of amides is 1. The van der Waals surface area contributed by atoms with Crippen LogP contribution in [0.5, 0.6) is 0 Å². The molecule has 0 saturated carbocycles. The number of nitrogens with one attached hydrogen (secondary N) is 1. The Morgan fingerprint density at radius 2 is 2.00 bits per heavy atom. The predicted molar refractivity (Wildman–Crippen MR) is 68.5 cm³/mol. The van der Waals surface area contributed by atoms with Crippen molar-refractivity contribution < 1.29 is 9.90 Å². The Kier molecular flexibility index (Phi) is 5.25. The lowest BCUT2D eigenvalue weighted by Crippen LogP contribution is -2.17. The van der Waals surface area contributed by atoms with E-state index in [2.05, 4.69) is 17.2 Å². The lowest BCUT2D eigenvalue weighted by molar-refractivity contribution is -0.118. The zero-order valence-corrected chi connectivity index (χ0v) is 10.2. The van der Waals surface area contributed by atoms with E-state index in [9.17, 15) is 4.79 Å². The number of carbonyl (C=O) groups is 1. The van der Waals surface area contributed by atoms with Gasteiger partial charge < -0.3 is 10.4 Å². The van der Waals surface area contributed by atoms with Gasteiger partial charge in [-0.15, -0.1) is 0 Å². The molecule has 0 saturated heterocycles. The van der Waals surface area contributed by atoms with Gasteiger partial charge in [-0.2, -0.15) is 0 Å². The zero-order valence-electron chi connectivity index (χ0n) is 10.2. The third-order valence-corrected chi connectivity index (χ3v) is 2.15. The van der Waals surface area contributed by atoms with Crippen molar-refractivity contribution in [2.75, 3.05) is 11.9 Å². The molecule has 0 atom stereocenters. The molecule has 1 amide bonds. The number of aliphatic hydroxyl groups excluding tert-OH is 1. The van der Waals surface area contributed by atoms with Crippen molar-refractivity contribution in [2.24, 2.45) is 5.92 Å². The summed E-state index contributed by atoms with van der Waals surface area (Å²) in [5.74, 6) is 5.74. The summed E-state index contributed by atoms with van der Waals surface area (Å²) in [6.07, 6.45) is 0.478. The first-order valence-corrected chi connectivity index (χ1v) is 5.64. The topological polar surface area (TPSA) is 49.3 Å². The molecule has 0 radical (unpaired) electrons. The average molecular weight is 231 g/mol. The van der Waals surface area contributed by atoms with E-state index in [4.69, 9.17) is 5.11 Å². The number of rotatable bonds is 3. The van der Waals surface area contributed by atoms with Crippen LogP contribution < -0.4 is 5.32 Å². The Balaban J connectivity index is 2.63. The minimum absolute atomic E-state index is 0.00381. The van der Waals surface area contributed by atoms with Crippen LogP contribution in [0, 0.1) is 17.8 Å². The van der Waals surface area contributed by atoms with Crippen molar-refractivity contribution in [1.82, 2.24) is 0 Å². The van der Waals surface area contributed by atoms with Crippen LogP contribution >= 0.6 is 0 Å². The smallest absolute Gasteiger partial charge is 0.226 e. The molecule has 0 unspecified atom stereocenters. The molecule has 0 fully saturated rings. The maximum atomic E-state index is 11.4. The van der Waals surface area contributed by atoms with Crippen molar-refractivity contribution in [3.63, 3.8) is 0 Å². The Morgan fingerprint density at radius 1 is 1.35 bits per heavy atom. The molecule has 0 bridgehead atoms. The molecule has 0 aliphatic carbocycles. The van der Waals surface area contributed by atoms with Crippen LogP contribution in [-0.2, 0) is 4.79 Å². The van der Waals surface area contributed by atoms with Gasteiger partial charge in [-0.3, -0.25) is 4.79 Å². The zero-order chi connectivity index (χ0) is 12.7. The quantitative estimate of drug-likeness (QED) is 0.782. The molecule has 17 heavy (non-hydrogen) atoms. The van der Waals surface area contributed by atoms with Gasteiger partial charge >= 0.3 is 0 Å². The number of hydrogen-bond donors (Lipinski definition) is 2. The monoisotopic (exact) mass is 231 g/mol. The molecular formula is C14H17NO2. The minimum atomic E-state index is -0.0287. The standard InChI is InChI=1S/C14H17NO2/c1-11(2)14(17)15-13-8-6-12(7-9-13)5-3-4-10-16/h6-9,11,16H,4,10H2,1-2H3,(H,15,17). The highest BCUT2D eigenvalue weighted by Crippen LogP contribution is 2.10. The van der Waals surface area contributed by atoms with Gasteiger partial charge in [-0.1, -0.05) is 25.7 Å². The molecule has 0 heterocycles. The van der Waals surface area contributed by atoms with Crippen LogP contribution in [0.1, 0.15) is 25.8 Å². The summed E-state index contributed by atoms with van der Waals surface area (Å²) in [7, 11) is 0. The van der Waals surface area contributed by atoms with Crippen LogP contribution in [0.15, 0.2) is 24.3 Å². The number of anilines is 1. The van der Waals surface area contributed by atoms with E-state index in [1.165, 1.54) is 0 Å². The molecule has 3 nitrogen and oxygen atoms in total. The van der Waals surface area contributed by atoms with Gasteiger partial charge in [0.25, 0.3) is 0 Å². The van der Waals surface area contributed by atoms with E-state index in [0.717, 1.165) is 11.3 Å². The summed E-state index contributed by atoms with van der Waals surface area (Å²) in [5.41, 5.74) is 1.65. The number of benzene rings is 1. The van der Waals surface area contributed by atoms with E-state index >= 15 is 0 Å². The predicted octanol–water partition coefficient (Wildman–Crippen LogP) is 2.01. The van der Waals surface area contributed by atoms with Crippen molar-refractivity contribution in [1.29, 1.82) is 0 Å². The van der Waals surface area contributed by atoms with Crippen LogP contribution in [-0.4, -0.2) is 17.6 Å². The Labute approximate surface area is 102 Å². The van der Waals surface area contributed by atoms with Gasteiger partial charge in [0.1, 0.15) is 0 Å². The van der Waals surface area contributed by atoms with E-state index in [0.29, 0.717) is 6.42 Å². The van der Waals surface area contributed by atoms with Gasteiger partial charge in [0.15, 0.2) is 0 Å². The van der Waals surface area contributed by atoms with Gasteiger partial charge in [-0.05, 0) is 24.3 Å². The Bertz CT molecular complexity index is 424. The van der Waals surface area contributed by atoms with Crippen LogP contribution in [0.25, 0.3) is 0 Å². The van der Waals surface area contributed by atoms with Gasteiger partial charge in [0, 0.05) is 23.6 Å². The SMILES string of the molecule is CC(C)C(=O)Nc1ccc(C#CCCO)cc1. The fraction of sp³-hybridized carbons (Fsp3) is 0.357. The lowest BCUT2D eigenvalue weighted by atomic mass is 10.1. The highest BCUT2D eigenvalue weighted by molar-refractivity contribution is 5.92. The highest BCUT2D eigenvalue weighted by Gasteiger charge is 2.06. The maximum absolute atomic E-state index is 11.4. The molecule has 0 aliphatic heterocycles. The maximum Gasteiger partial charge on any atom is 0.226 e. The van der Waals surface area contributed by atoms with Crippen molar-refractivity contribution >= 4 is 11.6 Å². The molecule has 2 N–H and O–H groups in total. The second-order valence-corrected chi connectivity index (χ2v) is 4.00. The minimum Gasteiger partial charge on any atom is -0.395 e. The number of hydrogen-bond acceptors (Lipinski definition) is 2. The number of carbonyl (C=O) groups excluding carboxylic acids is 1. The van der Waals surface area contributed by atoms with E-state index in [-0.39, 0.29) is 18.4 Å². The van der Waals surface area contributed by atoms with Gasteiger partial charge in [0.2, 0.25) is 5.91 Å². The van der Waals surface area contributed by atoms with Gasteiger partial charge in [-0.25, -0.2) is 0 Å². The lowest BCUT2D eigenvalue weighted by Gasteiger charge is -2.07. The fourth-order valence-electron chi connectivity index (χ4n) is 1.14. The summed E-state index contributed by atoms with van der Waals surface area (Å²) in [5, 5.41) is 11.4. The normalized spacial score (nSPS) is 9.65. The molecule has 1 aromatic rings. The Hall–Kier alpha value is -1.79. The van der Waals surface area contributed by atoms with Crippen molar-refractivity contribution in [2.45, 2.75) is 20.3 Å².